The minimum absolute atomic E-state index is 0.0321. The van der Waals surface area contributed by atoms with Crippen LogP contribution >= 0.6 is 0 Å². The quantitative estimate of drug-likeness (QED) is 0.544. The molecule has 4 rings (SSSR count). The molecule has 1 amide bonds. The molecule has 0 unspecified atom stereocenters. The fourth-order valence-corrected chi connectivity index (χ4v) is 4.78. The summed E-state index contributed by atoms with van der Waals surface area (Å²) in [5.41, 5.74) is 5.03. The first kappa shape index (κ1) is 22.1. The molecule has 32 heavy (non-hydrogen) atoms. The van der Waals surface area contributed by atoms with Crippen LogP contribution in [0.25, 0.3) is 10.9 Å². The predicted molar refractivity (Wildman–Crippen MR) is 122 cm³/mol. The molecule has 1 aliphatic rings. The Hall–Kier alpha value is -3.15. The largest absolute Gasteiger partial charge is 0.465 e. The molecule has 0 aliphatic heterocycles. The Kier molecular flexibility index (Phi) is 6.31. The first-order valence-electron chi connectivity index (χ1n) is 11.1. The van der Waals surface area contributed by atoms with Crippen LogP contribution in [0.2, 0.25) is 0 Å². The minimum atomic E-state index is -0.306. The van der Waals surface area contributed by atoms with Crippen molar-refractivity contribution < 1.29 is 18.7 Å². The molecule has 1 aromatic heterocycles. The van der Waals surface area contributed by atoms with Crippen LogP contribution in [-0.4, -0.2) is 41.0 Å². The molecule has 0 saturated carbocycles. The third-order valence-electron chi connectivity index (χ3n) is 6.37. The molecule has 6 heteroatoms. The Morgan fingerprint density at radius 3 is 2.78 bits per heavy atom. The van der Waals surface area contributed by atoms with Crippen LogP contribution in [-0.2, 0) is 40.1 Å². The highest BCUT2D eigenvalue weighted by Crippen LogP contribution is 2.34. The molecule has 0 radical (unpaired) electrons. The molecule has 0 spiro atoms. The fraction of sp³-hybridized carbons (Fsp3) is 0.385. The number of carbonyl (C=O) groups is 2. The van der Waals surface area contributed by atoms with Crippen LogP contribution in [0.4, 0.5) is 4.39 Å². The van der Waals surface area contributed by atoms with Crippen LogP contribution in [0.1, 0.15) is 35.7 Å². The molecular formula is C26H29FN2O3. The van der Waals surface area contributed by atoms with E-state index in [1.165, 1.54) is 12.1 Å². The minimum Gasteiger partial charge on any atom is -0.465 e. The van der Waals surface area contributed by atoms with Gasteiger partial charge in [-0.2, -0.15) is 0 Å². The summed E-state index contributed by atoms with van der Waals surface area (Å²) in [4.78, 5) is 27.0. The highest BCUT2D eigenvalue weighted by atomic mass is 19.1. The van der Waals surface area contributed by atoms with Gasteiger partial charge in [-0.1, -0.05) is 29.8 Å². The Balaban J connectivity index is 1.60. The molecule has 0 saturated heterocycles. The van der Waals surface area contributed by atoms with E-state index < -0.39 is 0 Å². The maximum Gasteiger partial charge on any atom is 0.325 e. The molecule has 2 aromatic carbocycles. The molecule has 1 heterocycles. The number of halogens is 1. The van der Waals surface area contributed by atoms with E-state index in [4.69, 9.17) is 4.74 Å². The van der Waals surface area contributed by atoms with Crippen LogP contribution < -0.4 is 0 Å². The third kappa shape index (κ3) is 4.40. The second-order valence-corrected chi connectivity index (χ2v) is 8.54. The topological polar surface area (TPSA) is 51.5 Å². The highest BCUT2D eigenvalue weighted by molar-refractivity contribution is 5.88. The second-order valence-electron chi connectivity index (χ2n) is 8.54. The number of aryl methyl sites for hydroxylation is 1. The summed E-state index contributed by atoms with van der Waals surface area (Å²) < 4.78 is 21.2. The lowest BCUT2D eigenvalue weighted by Gasteiger charge is -2.32. The van der Waals surface area contributed by atoms with E-state index in [2.05, 4.69) is 0 Å². The molecule has 3 aromatic rings. The number of likely N-dealkylation sites (N-methyl/N-ethyl adjacent to an activating group) is 1. The Labute approximate surface area is 187 Å². The monoisotopic (exact) mass is 436 g/mol. The predicted octanol–water partition coefficient (Wildman–Crippen LogP) is 4.21. The van der Waals surface area contributed by atoms with E-state index in [9.17, 15) is 14.0 Å². The summed E-state index contributed by atoms with van der Waals surface area (Å²) in [5.74, 6) is -0.533. The summed E-state index contributed by atoms with van der Waals surface area (Å²) in [6.07, 6.45) is 2.52. The van der Waals surface area contributed by atoms with Gasteiger partial charge in [-0.15, -0.1) is 0 Å². The number of esters is 1. The Morgan fingerprint density at radius 2 is 2.03 bits per heavy atom. The fourth-order valence-electron chi connectivity index (χ4n) is 4.78. The first-order valence-corrected chi connectivity index (χ1v) is 11.1. The van der Waals surface area contributed by atoms with Crippen molar-refractivity contribution in [2.75, 3.05) is 13.7 Å². The molecule has 0 N–H and O–H groups in total. The number of rotatable bonds is 6. The van der Waals surface area contributed by atoms with Crippen LogP contribution in [0, 0.1) is 12.7 Å². The van der Waals surface area contributed by atoms with E-state index in [1.54, 1.807) is 13.0 Å². The maximum atomic E-state index is 14.1. The summed E-state index contributed by atoms with van der Waals surface area (Å²) in [6.45, 7) is 4.24. The number of ether oxygens (including phenoxy) is 1. The van der Waals surface area contributed by atoms with Gasteiger partial charge in [0.15, 0.2) is 0 Å². The molecule has 1 aliphatic carbocycles. The highest BCUT2D eigenvalue weighted by Gasteiger charge is 2.30. The lowest BCUT2D eigenvalue weighted by Crippen LogP contribution is -2.41. The van der Waals surface area contributed by atoms with Gasteiger partial charge in [-0.3, -0.25) is 9.59 Å². The van der Waals surface area contributed by atoms with Crippen LogP contribution in [0.15, 0.2) is 42.5 Å². The molecule has 5 nitrogen and oxygen atoms in total. The summed E-state index contributed by atoms with van der Waals surface area (Å²) in [7, 11) is 1.85. The van der Waals surface area contributed by atoms with E-state index in [0.717, 1.165) is 46.1 Å². The van der Waals surface area contributed by atoms with Gasteiger partial charge in [0.05, 0.1) is 13.0 Å². The molecule has 0 bridgehead atoms. The zero-order chi connectivity index (χ0) is 22.8. The SMILES string of the molecule is CCOC(=O)Cn1c2c(c3cc(F)ccc31)C[C@@H](N(C)C(=O)Cc1cccc(C)c1)CC2. The summed E-state index contributed by atoms with van der Waals surface area (Å²) in [5, 5.41) is 0.813. The number of amides is 1. The van der Waals surface area contributed by atoms with E-state index in [-0.39, 0.29) is 30.3 Å². The standard InChI is InChI=1S/C26H29FN2O3/c1-4-32-26(31)16-29-23-10-8-19(27)14-21(23)22-15-20(9-11-24(22)29)28(3)25(30)13-18-7-5-6-17(2)12-18/h5-8,10,12,14,20H,4,9,11,13,15-16H2,1-3H3/t20-/m0/s1. The van der Waals surface area contributed by atoms with Crippen molar-refractivity contribution in [3.8, 4) is 0 Å². The van der Waals surface area contributed by atoms with Gasteiger partial charge in [-0.05, 0) is 62.4 Å². The van der Waals surface area contributed by atoms with Crippen molar-refractivity contribution in [3.05, 3.63) is 70.7 Å². The van der Waals surface area contributed by atoms with Crippen molar-refractivity contribution in [2.24, 2.45) is 0 Å². The smallest absolute Gasteiger partial charge is 0.325 e. The van der Waals surface area contributed by atoms with Crippen molar-refractivity contribution in [2.45, 2.75) is 52.1 Å². The van der Waals surface area contributed by atoms with Gasteiger partial charge in [0.1, 0.15) is 12.4 Å². The zero-order valence-corrected chi connectivity index (χ0v) is 18.9. The second kappa shape index (κ2) is 9.15. The van der Waals surface area contributed by atoms with E-state index in [0.29, 0.717) is 19.4 Å². The summed E-state index contributed by atoms with van der Waals surface area (Å²) in [6, 6.07) is 12.7. The number of hydrogen-bond donors (Lipinski definition) is 0. The average Bonchev–Trinajstić information content (AvgIpc) is 3.05. The van der Waals surface area contributed by atoms with Gasteiger partial charge >= 0.3 is 5.97 Å². The maximum absolute atomic E-state index is 14.1. The Morgan fingerprint density at radius 1 is 1.22 bits per heavy atom. The average molecular weight is 437 g/mol. The lowest BCUT2D eigenvalue weighted by atomic mass is 9.90. The van der Waals surface area contributed by atoms with Crippen LogP contribution in [0.5, 0.6) is 0 Å². The van der Waals surface area contributed by atoms with Gasteiger partial charge < -0.3 is 14.2 Å². The van der Waals surface area contributed by atoms with Crippen molar-refractivity contribution >= 4 is 22.8 Å². The zero-order valence-electron chi connectivity index (χ0n) is 18.9. The van der Waals surface area contributed by atoms with Gasteiger partial charge in [0.2, 0.25) is 5.91 Å². The molecular weight excluding hydrogens is 407 g/mol. The lowest BCUT2D eigenvalue weighted by molar-refractivity contribution is -0.143. The molecule has 0 fully saturated rings. The van der Waals surface area contributed by atoms with Crippen molar-refractivity contribution in [1.82, 2.24) is 9.47 Å². The van der Waals surface area contributed by atoms with Gasteiger partial charge in [0.25, 0.3) is 0 Å². The number of aromatic nitrogens is 1. The normalized spacial score (nSPS) is 15.4. The van der Waals surface area contributed by atoms with Gasteiger partial charge in [-0.25, -0.2) is 4.39 Å². The number of carbonyl (C=O) groups excluding carboxylic acids is 2. The number of nitrogens with zero attached hydrogens (tertiary/aromatic N) is 2. The van der Waals surface area contributed by atoms with E-state index in [1.807, 2.05) is 47.7 Å². The number of fused-ring (bicyclic) bond motifs is 3. The van der Waals surface area contributed by atoms with Crippen molar-refractivity contribution in [3.63, 3.8) is 0 Å². The summed E-state index contributed by atoms with van der Waals surface area (Å²) >= 11 is 0. The third-order valence-corrected chi connectivity index (χ3v) is 6.37. The first-order chi connectivity index (χ1) is 15.4. The molecule has 168 valence electrons. The van der Waals surface area contributed by atoms with E-state index >= 15 is 0 Å². The number of benzene rings is 2. The number of hydrogen-bond acceptors (Lipinski definition) is 3. The van der Waals surface area contributed by atoms with Crippen molar-refractivity contribution in [1.29, 1.82) is 0 Å². The van der Waals surface area contributed by atoms with Gasteiger partial charge in [0, 0.05) is 29.7 Å². The Bertz CT molecular complexity index is 1170. The molecule has 1 atom stereocenters. The van der Waals surface area contributed by atoms with Crippen LogP contribution in [0.3, 0.4) is 0 Å².